The zero-order valence-corrected chi connectivity index (χ0v) is 22.8. The molecule has 1 aliphatic rings. The van der Waals surface area contributed by atoms with E-state index in [0.29, 0.717) is 0 Å². The summed E-state index contributed by atoms with van der Waals surface area (Å²) in [5, 5.41) is 4.18. The first-order valence-electron chi connectivity index (χ1n) is 12.8. The number of rotatable bonds is 5. The lowest BCUT2D eigenvalue weighted by atomic mass is 9.87. The molecule has 0 fully saturated rings. The summed E-state index contributed by atoms with van der Waals surface area (Å²) in [6.45, 7) is 12.3. The molecule has 4 aromatic carbocycles. The molecule has 0 saturated carbocycles. The summed E-state index contributed by atoms with van der Waals surface area (Å²) >= 11 is 0. The molecule has 4 aromatic rings. The fourth-order valence-electron chi connectivity index (χ4n) is 4.91. The maximum Gasteiger partial charge on any atom is 0.136 e. The van der Waals surface area contributed by atoms with Crippen molar-refractivity contribution in [3.8, 4) is 0 Å². The SMILES string of the molecule is Cc1ccccc1P(c1ccccc1C)c1ccccc1C1=N[C@@H](C(C)(C)C)CN1c1ccccc1. The van der Waals surface area contributed by atoms with Crippen molar-refractivity contribution in [2.24, 2.45) is 10.4 Å². The largest absolute Gasteiger partial charge is 0.324 e. The fraction of sp³-hybridized carbons (Fsp3) is 0.242. The van der Waals surface area contributed by atoms with Crippen LogP contribution in [0.1, 0.15) is 37.5 Å². The lowest BCUT2D eigenvalue weighted by Gasteiger charge is -2.28. The van der Waals surface area contributed by atoms with Gasteiger partial charge in [0.2, 0.25) is 0 Å². The third-order valence-electron chi connectivity index (χ3n) is 7.06. The number of aryl methyl sites for hydroxylation is 2. The van der Waals surface area contributed by atoms with E-state index in [-0.39, 0.29) is 11.5 Å². The summed E-state index contributed by atoms with van der Waals surface area (Å²) in [5.41, 5.74) is 5.20. The number of nitrogens with zero attached hydrogens (tertiary/aromatic N) is 2. The van der Waals surface area contributed by atoms with Gasteiger partial charge in [0.05, 0.1) is 6.04 Å². The lowest BCUT2D eigenvalue weighted by molar-refractivity contribution is 0.337. The van der Waals surface area contributed by atoms with Crippen LogP contribution in [-0.2, 0) is 0 Å². The van der Waals surface area contributed by atoms with Crippen molar-refractivity contribution >= 4 is 35.4 Å². The summed E-state index contributed by atoms with van der Waals surface area (Å²) in [7, 11) is -0.762. The number of anilines is 1. The second kappa shape index (κ2) is 10.0. The molecule has 0 aliphatic carbocycles. The Morgan fingerprint density at radius 3 is 1.72 bits per heavy atom. The molecule has 3 heteroatoms. The van der Waals surface area contributed by atoms with Crippen molar-refractivity contribution in [2.75, 3.05) is 11.4 Å². The molecule has 2 nitrogen and oxygen atoms in total. The quantitative estimate of drug-likeness (QED) is 0.283. The summed E-state index contributed by atoms with van der Waals surface area (Å²) in [4.78, 5) is 7.84. The molecular weight excluding hydrogens is 455 g/mol. The second-order valence-electron chi connectivity index (χ2n) is 10.7. The highest BCUT2D eigenvalue weighted by Gasteiger charge is 2.36. The fourth-order valence-corrected chi connectivity index (χ4v) is 7.67. The summed E-state index contributed by atoms with van der Waals surface area (Å²) < 4.78 is 0. The van der Waals surface area contributed by atoms with Gasteiger partial charge in [0.1, 0.15) is 5.84 Å². The third-order valence-corrected chi connectivity index (χ3v) is 9.89. The number of hydrogen-bond donors (Lipinski definition) is 0. The first-order valence-corrected chi connectivity index (χ1v) is 14.1. The van der Waals surface area contributed by atoms with Crippen LogP contribution in [0.15, 0.2) is 108 Å². The second-order valence-corrected chi connectivity index (χ2v) is 12.8. The predicted octanol–water partition coefficient (Wildman–Crippen LogP) is 6.74. The molecule has 0 unspecified atom stereocenters. The molecule has 0 aromatic heterocycles. The number of para-hydroxylation sites is 1. The van der Waals surface area contributed by atoms with Gasteiger partial charge in [-0.25, -0.2) is 0 Å². The van der Waals surface area contributed by atoms with Crippen LogP contribution in [0.25, 0.3) is 0 Å². The van der Waals surface area contributed by atoms with E-state index in [1.807, 2.05) is 0 Å². The molecule has 1 atom stereocenters. The first-order chi connectivity index (χ1) is 17.3. The van der Waals surface area contributed by atoms with Crippen LogP contribution in [0, 0.1) is 19.3 Å². The Hall–Kier alpha value is -3.22. The van der Waals surface area contributed by atoms with Crippen LogP contribution < -0.4 is 20.8 Å². The van der Waals surface area contributed by atoms with Crippen LogP contribution in [-0.4, -0.2) is 18.4 Å². The average molecular weight is 491 g/mol. The lowest BCUT2D eigenvalue weighted by Crippen LogP contribution is -2.36. The van der Waals surface area contributed by atoms with E-state index < -0.39 is 7.92 Å². The number of amidine groups is 1. The van der Waals surface area contributed by atoms with Gasteiger partial charge in [-0.1, -0.05) is 112 Å². The summed E-state index contributed by atoms with van der Waals surface area (Å²) in [5.74, 6) is 1.09. The summed E-state index contributed by atoms with van der Waals surface area (Å²) in [6.07, 6.45) is 0. The van der Waals surface area contributed by atoms with Gasteiger partial charge < -0.3 is 4.90 Å². The molecule has 0 N–H and O–H groups in total. The van der Waals surface area contributed by atoms with Gasteiger partial charge >= 0.3 is 0 Å². The van der Waals surface area contributed by atoms with E-state index in [2.05, 4.69) is 143 Å². The van der Waals surface area contributed by atoms with E-state index in [1.165, 1.54) is 38.3 Å². The molecule has 1 heterocycles. The Labute approximate surface area is 217 Å². The Balaban J connectivity index is 1.73. The Kier molecular flexibility index (Phi) is 6.82. The number of benzene rings is 4. The van der Waals surface area contributed by atoms with Gasteiger partial charge in [0, 0.05) is 17.8 Å². The topological polar surface area (TPSA) is 15.6 Å². The van der Waals surface area contributed by atoms with Crippen molar-refractivity contribution in [3.63, 3.8) is 0 Å². The standard InChI is InChI=1S/C33H35N2P/c1-24-15-9-12-20-28(24)36(29-21-13-10-16-25(29)2)30-22-14-11-19-27(30)32-34-31(33(3,4)5)23-35(32)26-17-7-6-8-18-26/h6-22,31H,23H2,1-5H3/t31-/m1/s1. The maximum atomic E-state index is 5.42. The Bertz CT molecular complexity index is 1340. The van der Waals surface area contributed by atoms with Crippen LogP contribution in [0.5, 0.6) is 0 Å². The van der Waals surface area contributed by atoms with E-state index in [4.69, 9.17) is 4.99 Å². The minimum atomic E-state index is -0.762. The van der Waals surface area contributed by atoms with E-state index in [1.54, 1.807) is 0 Å². The van der Waals surface area contributed by atoms with Crippen molar-refractivity contribution in [1.29, 1.82) is 0 Å². The Morgan fingerprint density at radius 2 is 1.17 bits per heavy atom. The zero-order valence-electron chi connectivity index (χ0n) is 21.9. The molecule has 1 aliphatic heterocycles. The summed E-state index contributed by atoms with van der Waals surface area (Å²) in [6, 6.07) is 37.7. The normalized spacial score (nSPS) is 15.9. The smallest absolute Gasteiger partial charge is 0.136 e. The molecular formula is C33H35N2P. The molecule has 182 valence electrons. The highest BCUT2D eigenvalue weighted by molar-refractivity contribution is 7.80. The van der Waals surface area contributed by atoms with Gasteiger partial charge in [0.25, 0.3) is 0 Å². The molecule has 36 heavy (non-hydrogen) atoms. The van der Waals surface area contributed by atoms with E-state index in [9.17, 15) is 0 Å². The molecule has 0 spiro atoms. The van der Waals surface area contributed by atoms with Crippen molar-refractivity contribution < 1.29 is 0 Å². The average Bonchev–Trinajstić information content (AvgIpc) is 3.33. The predicted molar refractivity (Wildman–Crippen MR) is 158 cm³/mol. The van der Waals surface area contributed by atoms with Crippen LogP contribution >= 0.6 is 7.92 Å². The molecule has 5 rings (SSSR count). The van der Waals surface area contributed by atoms with Crippen molar-refractivity contribution in [2.45, 2.75) is 40.7 Å². The molecule has 0 radical (unpaired) electrons. The maximum absolute atomic E-state index is 5.42. The van der Waals surface area contributed by atoms with Crippen LogP contribution in [0.2, 0.25) is 0 Å². The highest BCUT2D eigenvalue weighted by Crippen LogP contribution is 2.38. The number of aliphatic imine (C=N–C) groups is 1. The molecule has 0 amide bonds. The van der Waals surface area contributed by atoms with Crippen molar-refractivity contribution in [3.05, 3.63) is 120 Å². The third kappa shape index (κ3) is 4.75. The van der Waals surface area contributed by atoms with E-state index in [0.717, 1.165) is 12.4 Å². The highest BCUT2D eigenvalue weighted by atomic mass is 31.1. The van der Waals surface area contributed by atoms with Crippen molar-refractivity contribution in [1.82, 2.24) is 0 Å². The molecule has 0 bridgehead atoms. The zero-order chi connectivity index (χ0) is 25.3. The van der Waals surface area contributed by atoms with Crippen LogP contribution in [0.3, 0.4) is 0 Å². The van der Waals surface area contributed by atoms with Gasteiger partial charge in [-0.2, -0.15) is 0 Å². The van der Waals surface area contributed by atoms with Gasteiger partial charge in [-0.3, -0.25) is 4.99 Å². The number of hydrogen-bond acceptors (Lipinski definition) is 2. The van der Waals surface area contributed by atoms with Crippen LogP contribution in [0.4, 0.5) is 5.69 Å². The van der Waals surface area contributed by atoms with Gasteiger partial charge in [-0.05, 0) is 66.4 Å². The molecule has 0 saturated heterocycles. The minimum absolute atomic E-state index is 0.0838. The first kappa shape index (κ1) is 24.5. The Morgan fingerprint density at radius 1 is 0.667 bits per heavy atom. The minimum Gasteiger partial charge on any atom is -0.324 e. The van der Waals surface area contributed by atoms with Gasteiger partial charge in [-0.15, -0.1) is 0 Å². The van der Waals surface area contributed by atoms with E-state index >= 15 is 0 Å². The monoisotopic (exact) mass is 490 g/mol. The van der Waals surface area contributed by atoms with Gasteiger partial charge in [0.15, 0.2) is 0 Å².